The third-order valence-electron chi connectivity index (χ3n) is 4.06. The first-order valence-electron chi connectivity index (χ1n) is 7.58. The normalized spacial score (nSPS) is 22.3. The monoisotopic (exact) mass is 325 g/mol. The van der Waals surface area contributed by atoms with E-state index in [2.05, 4.69) is 9.88 Å². The molecule has 22 heavy (non-hydrogen) atoms. The van der Waals surface area contributed by atoms with E-state index in [1.165, 1.54) is 6.20 Å². The predicted octanol–water partition coefficient (Wildman–Crippen LogP) is 1.29. The third kappa shape index (κ3) is 3.19. The van der Waals surface area contributed by atoms with Gasteiger partial charge in [-0.1, -0.05) is 11.6 Å². The molecule has 2 aliphatic heterocycles. The molecule has 2 saturated heterocycles. The summed E-state index contributed by atoms with van der Waals surface area (Å²) < 4.78 is 10.8. The molecular weight excluding hydrogens is 306 g/mol. The first-order chi connectivity index (χ1) is 10.7. The lowest BCUT2D eigenvalue weighted by Crippen LogP contribution is -2.59. The molecular formula is C15H20ClN3O3. The summed E-state index contributed by atoms with van der Waals surface area (Å²) in [5.41, 5.74) is 0.499. The minimum absolute atomic E-state index is 0.0392. The Kier molecular flexibility index (Phi) is 4.81. The Balaban J connectivity index is 1.69. The molecule has 1 amide bonds. The number of aromatic nitrogens is 1. The van der Waals surface area contributed by atoms with E-state index in [-0.39, 0.29) is 11.9 Å². The number of ether oxygens (including phenoxy) is 2. The maximum Gasteiger partial charge on any atom is 0.255 e. The molecule has 1 unspecified atom stereocenters. The Morgan fingerprint density at radius 2 is 2.36 bits per heavy atom. The molecule has 120 valence electrons. The van der Waals surface area contributed by atoms with Gasteiger partial charge in [0.05, 0.1) is 31.4 Å². The minimum Gasteiger partial charge on any atom is -0.477 e. The van der Waals surface area contributed by atoms with Gasteiger partial charge < -0.3 is 14.4 Å². The fourth-order valence-corrected chi connectivity index (χ4v) is 3.12. The van der Waals surface area contributed by atoms with E-state index in [1.807, 2.05) is 11.8 Å². The number of fused-ring (bicyclic) bond motifs is 1. The summed E-state index contributed by atoms with van der Waals surface area (Å²) in [5, 5.41) is 0.368. The van der Waals surface area contributed by atoms with Gasteiger partial charge in [-0.2, -0.15) is 0 Å². The van der Waals surface area contributed by atoms with Crippen molar-refractivity contribution in [1.29, 1.82) is 0 Å². The number of nitrogens with zero attached hydrogens (tertiary/aromatic N) is 3. The highest BCUT2D eigenvalue weighted by atomic mass is 35.5. The number of halogens is 1. The summed E-state index contributed by atoms with van der Waals surface area (Å²) in [7, 11) is 0. The van der Waals surface area contributed by atoms with Gasteiger partial charge in [-0.25, -0.2) is 4.98 Å². The van der Waals surface area contributed by atoms with Crippen LogP contribution in [0, 0.1) is 0 Å². The van der Waals surface area contributed by atoms with Crippen LogP contribution < -0.4 is 4.74 Å². The van der Waals surface area contributed by atoms with Gasteiger partial charge in [-0.15, -0.1) is 0 Å². The summed E-state index contributed by atoms with van der Waals surface area (Å²) in [5.74, 6) is 0.328. The number of carbonyl (C=O) groups excluding carboxylic acids is 1. The zero-order valence-corrected chi connectivity index (χ0v) is 13.4. The summed E-state index contributed by atoms with van der Waals surface area (Å²) in [6, 6.07) is 1.92. The number of pyridine rings is 1. The maximum absolute atomic E-state index is 12.6. The van der Waals surface area contributed by atoms with Crippen molar-refractivity contribution in [3.8, 4) is 5.88 Å². The molecule has 3 rings (SSSR count). The van der Waals surface area contributed by atoms with E-state index in [1.54, 1.807) is 6.07 Å². The molecule has 1 aromatic rings. The lowest BCUT2D eigenvalue weighted by molar-refractivity contribution is -0.0395. The van der Waals surface area contributed by atoms with Gasteiger partial charge >= 0.3 is 0 Å². The summed E-state index contributed by atoms with van der Waals surface area (Å²) >= 11 is 6.12. The zero-order chi connectivity index (χ0) is 15.5. The van der Waals surface area contributed by atoms with Crippen molar-refractivity contribution in [1.82, 2.24) is 14.8 Å². The highest BCUT2D eigenvalue weighted by Crippen LogP contribution is 2.24. The number of amides is 1. The summed E-state index contributed by atoms with van der Waals surface area (Å²) in [4.78, 5) is 21.0. The molecule has 0 aromatic carbocycles. The number of morpholine rings is 1. The van der Waals surface area contributed by atoms with E-state index < -0.39 is 0 Å². The van der Waals surface area contributed by atoms with Crippen molar-refractivity contribution in [2.24, 2.45) is 0 Å². The number of rotatable bonds is 3. The predicted molar refractivity (Wildman–Crippen MR) is 82.5 cm³/mol. The SMILES string of the molecule is CCOc1ncc(C(=O)N2CCN3CCOCC3C2)cc1Cl. The summed E-state index contributed by atoms with van der Waals surface area (Å²) in [6.07, 6.45) is 1.53. The lowest BCUT2D eigenvalue weighted by atomic mass is 10.1. The number of hydrogen-bond donors (Lipinski definition) is 0. The highest BCUT2D eigenvalue weighted by molar-refractivity contribution is 6.32. The number of hydrogen-bond acceptors (Lipinski definition) is 5. The van der Waals surface area contributed by atoms with Crippen LogP contribution >= 0.6 is 11.6 Å². The Bertz CT molecular complexity index is 555. The Morgan fingerprint density at radius 1 is 1.50 bits per heavy atom. The van der Waals surface area contributed by atoms with Crippen molar-refractivity contribution < 1.29 is 14.3 Å². The van der Waals surface area contributed by atoms with E-state index in [0.29, 0.717) is 36.2 Å². The highest BCUT2D eigenvalue weighted by Gasteiger charge is 2.32. The van der Waals surface area contributed by atoms with Gasteiger partial charge in [0.1, 0.15) is 5.02 Å². The molecule has 3 heterocycles. The first-order valence-corrected chi connectivity index (χ1v) is 7.96. The zero-order valence-electron chi connectivity index (χ0n) is 12.6. The Hall–Kier alpha value is -1.37. The maximum atomic E-state index is 12.6. The van der Waals surface area contributed by atoms with Gasteiger partial charge in [0.25, 0.3) is 5.91 Å². The van der Waals surface area contributed by atoms with Crippen LogP contribution in [-0.4, -0.2) is 72.7 Å². The third-order valence-corrected chi connectivity index (χ3v) is 4.33. The first kappa shape index (κ1) is 15.5. The van der Waals surface area contributed by atoms with Crippen LogP contribution in [0.25, 0.3) is 0 Å². The second kappa shape index (κ2) is 6.81. The minimum atomic E-state index is -0.0392. The van der Waals surface area contributed by atoms with E-state index in [0.717, 1.165) is 26.2 Å². The second-order valence-corrected chi connectivity index (χ2v) is 5.87. The molecule has 2 aliphatic rings. The average Bonchev–Trinajstić information content (AvgIpc) is 2.56. The lowest BCUT2D eigenvalue weighted by Gasteiger charge is -2.43. The molecule has 1 aromatic heterocycles. The molecule has 0 aliphatic carbocycles. The van der Waals surface area contributed by atoms with Crippen LogP contribution in [0.4, 0.5) is 0 Å². The summed E-state index contributed by atoms with van der Waals surface area (Å²) in [6.45, 7) is 7.06. The number of piperazine rings is 1. The van der Waals surface area contributed by atoms with Gasteiger partial charge in [-0.3, -0.25) is 9.69 Å². The van der Waals surface area contributed by atoms with Crippen LogP contribution in [0.15, 0.2) is 12.3 Å². The van der Waals surface area contributed by atoms with Gasteiger partial charge in [0, 0.05) is 32.4 Å². The van der Waals surface area contributed by atoms with Crippen molar-refractivity contribution >= 4 is 17.5 Å². The molecule has 0 N–H and O–H groups in total. The van der Waals surface area contributed by atoms with Crippen LogP contribution in [0.1, 0.15) is 17.3 Å². The quantitative estimate of drug-likeness (QED) is 0.838. The topological polar surface area (TPSA) is 54.9 Å². The van der Waals surface area contributed by atoms with Crippen molar-refractivity contribution in [3.63, 3.8) is 0 Å². The molecule has 0 radical (unpaired) electrons. The van der Waals surface area contributed by atoms with Crippen molar-refractivity contribution in [3.05, 3.63) is 22.8 Å². The van der Waals surface area contributed by atoms with Crippen molar-refractivity contribution in [2.45, 2.75) is 13.0 Å². The second-order valence-electron chi connectivity index (χ2n) is 5.46. The van der Waals surface area contributed by atoms with E-state index >= 15 is 0 Å². The standard InChI is InChI=1S/C15H20ClN3O3/c1-2-22-14-13(16)7-11(8-17-14)15(20)19-4-3-18-5-6-21-10-12(18)9-19/h7-8,12H,2-6,9-10H2,1H3. The van der Waals surface area contributed by atoms with Crippen molar-refractivity contribution in [2.75, 3.05) is 46.0 Å². The number of carbonyl (C=O) groups is 1. The molecule has 0 spiro atoms. The Labute approximate surface area is 135 Å². The average molecular weight is 326 g/mol. The molecule has 1 atom stereocenters. The molecule has 2 fully saturated rings. The molecule has 7 heteroatoms. The van der Waals surface area contributed by atoms with Crippen LogP contribution in [-0.2, 0) is 4.74 Å². The fourth-order valence-electron chi connectivity index (χ4n) is 2.90. The molecule has 6 nitrogen and oxygen atoms in total. The largest absolute Gasteiger partial charge is 0.477 e. The van der Waals surface area contributed by atoms with E-state index in [9.17, 15) is 4.79 Å². The Morgan fingerprint density at radius 3 is 3.14 bits per heavy atom. The van der Waals surface area contributed by atoms with Crippen LogP contribution in [0.5, 0.6) is 5.88 Å². The van der Waals surface area contributed by atoms with Crippen LogP contribution in [0.3, 0.4) is 0 Å². The smallest absolute Gasteiger partial charge is 0.255 e. The molecule has 0 saturated carbocycles. The van der Waals surface area contributed by atoms with Gasteiger partial charge in [0.2, 0.25) is 5.88 Å². The fraction of sp³-hybridized carbons (Fsp3) is 0.600. The van der Waals surface area contributed by atoms with E-state index in [4.69, 9.17) is 21.1 Å². The van der Waals surface area contributed by atoms with Gasteiger partial charge in [0.15, 0.2) is 0 Å². The van der Waals surface area contributed by atoms with Gasteiger partial charge in [-0.05, 0) is 13.0 Å². The molecule has 0 bridgehead atoms. The van der Waals surface area contributed by atoms with Crippen LogP contribution in [0.2, 0.25) is 5.02 Å².